The number of hydrogen-bond acceptors (Lipinski definition) is 2. The van der Waals surface area contributed by atoms with Gasteiger partial charge in [0.05, 0.1) is 17.8 Å². The van der Waals surface area contributed by atoms with Crippen LogP contribution in [0.2, 0.25) is 0 Å². The van der Waals surface area contributed by atoms with E-state index >= 15 is 0 Å². The molecule has 1 heterocycles. The topological polar surface area (TPSA) is 32.8 Å². The third-order valence-electron chi connectivity index (χ3n) is 12.8. The second-order valence-corrected chi connectivity index (χ2v) is 14.6. The third-order valence-corrected chi connectivity index (χ3v) is 12.8. The molecule has 1 saturated heterocycles. The molecule has 0 amide bonds. The highest BCUT2D eigenvalue weighted by molar-refractivity contribution is 5.21. The van der Waals surface area contributed by atoms with Crippen molar-refractivity contribution in [2.24, 2.45) is 45.3 Å². The quantitative estimate of drug-likeness (QED) is 0.361. The largest absolute Gasteiger partial charge is 0.393 e. The number of fused-ring (bicyclic) bond motifs is 5. The van der Waals surface area contributed by atoms with E-state index in [1.54, 1.807) is 5.57 Å². The molecule has 5 fully saturated rings. The summed E-state index contributed by atoms with van der Waals surface area (Å²) in [5, 5.41) is 10.9. The molecule has 0 unspecified atom stereocenters. The zero-order chi connectivity index (χ0) is 23.3. The Labute approximate surface area is 198 Å². The molecule has 4 aliphatic carbocycles. The Hall–Kier alpha value is -0.340. The molecule has 1 N–H and O–H groups in total. The molecule has 0 radical (unpaired) electrons. The number of allylic oxidation sites excluding steroid dienone is 1. The van der Waals surface area contributed by atoms with E-state index in [0.29, 0.717) is 28.3 Å². The van der Waals surface area contributed by atoms with Gasteiger partial charge in [0.2, 0.25) is 0 Å². The second kappa shape index (κ2) is 7.09. The van der Waals surface area contributed by atoms with E-state index in [2.05, 4.69) is 61.5 Å². The fraction of sp³-hybridized carbons (Fsp3) is 0.933. The maximum absolute atomic E-state index is 10.9. The van der Waals surface area contributed by atoms with Crippen LogP contribution in [0.4, 0.5) is 0 Å². The summed E-state index contributed by atoms with van der Waals surface area (Å²) in [7, 11) is 0. The molecule has 5 aliphatic rings. The van der Waals surface area contributed by atoms with E-state index in [-0.39, 0.29) is 17.1 Å². The van der Waals surface area contributed by atoms with Crippen molar-refractivity contribution in [2.75, 3.05) is 0 Å². The average Bonchev–Trinajstić information content (AvgIpc) is 3.15. The first-order valence-electron chi connectivity index (χ1n) is 13.8. The summed E-state index contributed by atoms with van der Waals surface area (Å²) in [4.78, 5) is 0. The van der Waals surface area contributed by atoms with Crippen molar-refractivity contribution < 1.29 is 9.84 Å². The van der Waals surface area contributed by atoms with Crippen LogP contribution >= 0.6 is 0 Å². The molecule has 1 aliphatic heterocycles. The van der Waals surface area contributed by atoms with Crippen LogP contribution in [0.1, 0.15) is 113 Å². The molecular weight excluding hydrogens is 392 g/mol. The molecule has 2 nitrogen and oxygen atoms in total. The van der Waals surface area contributed by atoms with Gasteiger partial charge in [-0.1, -0.05) is 46.3 Å². The Morgan fingerprint density at radius 2 is 1.50 bits per heavy atom. The lowest BCUT2D eigenvalue weighted by molar-refractivity contribution is -0.220. The fourth-order valence-electron chi connectivity index (χ4n) is 10.4. The van der Waals surface area contributed by atoms with Gasteiger partial charge < -0.3 is 9.84 Å². The van der Waals surface area contributed by atoms with Gasteiger partial charge in [-0.3, -0.25) is 0 Å². The maximum Gasteiger partial charge on any atom is 0.0902 e. The summed E-state index contributed by atoms with van der Waals surface area (Å²) < 4.78 is 5.85. The minimum Gasteiger partial charge on any atom is -0.393 e. The summed E-state index contributed by atoms with van der Waals surface area (Å²) in [5.74, 6) is 3.09. The molecule has 0 aromatic carbocycles. The van der Waals surface area contributed by atoms with Crippen molar-refractivity contribution in [3.63, 3.8) is 0 Å². The monoisotopic (exact) mass is 442 g/mol. The lowest BCUT2D eigenvalue weighted by atomic mass is 9.35. The summed E-state index contributed by atoms with van der Waals surface area (Å²) >= 11 is 0. The predicted molar refractivity (Wildman–Crippen MR) is 132 cm³/mol. The summed E-state index contributed by atoms with van der Waals surface area (Å²) in [6, 6.07) is 0. The molecule has 2 heteroatoms. The van der Waals surface area contributed by atoms with Crippen LogP contribution in [0.5, 0.6) is 0 Å². The Balaban J connectivity index is 1.40. The molecule has 9 atom stereocenters. The zero-order valence-electron chi connectivity index (χ0n) is 22.3. The molecular formula is C30H50O2. The lowest BCUT2D eigenvalue weighted by Crippen LogP contribution is -2.63. The van der Waals surface area contributed by atoms with Crippen molar-refractivity contribution in [1.82, 2.24) is 0 Å². The SMILES string of the molecule is C/C(=C\C[C@@H]1OC1(C)C)[C@H]1CC[C@]2(C)[C@@H]1CC[C@@H]1[C@@]3(C)CC[C@H](O)C(C)(C)[C@@H]3CC[C@]12C. The normalized spacial score (nSPS) is 53.8. The summed E-state index contributed by atoms with van der Waals surface area (Å²) in [6.07, 6.45) is 14.4. The van der Waals surface area contributed by atoms with Gasteiger partial charge in [-0.2, -0.15) is 0 Å². The van der Waals surface area contributed by atoms with Gasteiger partial charge in [0.1, 0.15) is 0 Å². The Bertz CT molecular complexity index is 795. The van der Waals surface area contributed by atoms with Crippen molar-refractivity contribution in [3.8, 4) is 0 Å². The van der Waals surface area contributed by atoms with E-state index in [9.17, 15) is 5.11 Å². The van der Waals surface area contributed by atoms with Gasteiger partial charge >= 0.3 is 0 Å². The number of aliphatic hydroxyl groups is 1. The highest BCUT2D eigenvalue weighted by atomic mass is 16.6. The van der Waals surface area contributed by atoms with E-state index in [4.69, 9.17) is 4.74 Å². The fourth-order valence-corrected chi connectivity index (χ4v) is 10.4. The zero-order valence-corrected chi connectivity index (χ0v) is 22.3. The average molecular weight is 443 g/mol. The number of aliphatic hydroxyl groups excluding tert-OH is 1. The molecule has 4 saturated carbocycles. The first-order chi connectivity index (χ1) is 14.8. The first kappa shape index (κ1) is 23.4. The van der Waals surface area contributed by atoms with Crippen LogP contribution in [0.15, 0.2) is 11.6 Å². The summed E-state index contributed by atoms with van der Waals surface area (Å²) in [5.41, 5.74) is 3.09. The minimum absolute atomic E-state index is 0.0578. The van der Waals surface area contributed by atoms with Crippen LogP contribution in [-0.2, 0) is 4.74 Å². The molecule has 0 aromatic rings. The van der Waals surface area contributed by atoms with E-state index in [0.717, 1.165) is 30.6 Å². The van der Waals surface area contributed by atoms with Crippen LogP contribution in [0.3, 0.4) is 0 Å². The molecule has 0 spiro atoms. The Morgan fingerprint density at radius 3 is 2.16 bits per heavy atom. The van der Waals surface area contributed by atoms with Gasteiger partial charge in [0.15, 0.2) is 0 Å². The smallest absolute Gasteiger partial charge is 0.0902 e. The van der Waals surface area contributed by atoms with Gasteiger partial charge in [-0.05, 0) is 124 Å². The molecule has 32 heavy (non-hydrogen) atoms. The van der Waals surface area contributed by atoms with Crippen molar-refractivity contribution in [2.45, 2.75) is 131 Å². The Kier molecular flexibility index (Phi) is 5.19. The number of hydrogen-bond donors (Lipinski definition) is 1. The molecule has 0 bridgehead atoms. The summed E-state index contributed by atoms with van der Waals surface area (Å²) in [6.45, 7) is 19.6. The van der Waals surface area contributed by atoms with Gasteiger partial charge in [-0.15, -0.1) is 0 Å². The maximum atomic E-state index is 10.9. The first-order valence-corrected chi connectivity index (χ1v) is 13.8. The Morgan fingerprint density at radius 1 is 0.844 bits per heavy atom. The van der Waals surface area contributed by atoms with Crippen molar-refractivity contribution >= 4 is 0 Å². The third kappa shape index (κ3) is 3.03. The van der Waals surface area contributed by atoms with Gasteiger partial charge in [0.25, 0.3) is 0 Å². The highest BCUT2D eigenvalue weighted by Crippen LogP contribution is 2.75. The van der Waals surface area contributed by atoms with Crippen molar-refractivity contribution in [1.29, 1.82) is 0 Å². The minimum atomic E-state index is -0.124. The standard InChI is InChI=1S/C30H50O2/c1-19(9-12-25-27(4,5)32-25)20-13-17-29(7)21(20)10-11-23-28(6)16-15-24(31)26(2,3)22(28)14-18-30(23,29)8/h9,20-25,31H,10-18H2,1-8H3/b19-9+/t20-,21-,22+,23-,24+,25+,28+,29-,30-/m1/s1. The number of epoxide rings is 1. The molecule has 5 rings (SSSR count). The van der Waals surface area contributed by atoms with E-state index < -0.39 is 0 Å². The molecule has 0 aromatic heterocycles. The van der Waals surface area contributed by atoms with Crippen LogP contribution < -0.4 is 0 Å². The van der Waals surface area contributed by atoms with Crippen LogP contribution in [0, 0.1) is 45.3 Å². The van der Waals surface area contributed by atoms with Crippen LogP contribution in [-0.4, -0.2) is 22.9 Å². The lowest BCUT2D eigenvalue weighted by Gasteiger charge is -2.69. The van der Waals surface area contributed by atoms with Gasteiger partial charge in [-0.25, -0.2) is 0 Å². The number of rotatable bonds is 3. The predicted octanol–water partition coefficient (Wildman–Crippen LogP) is 7.55. The highest BCUT2D eigenvalue weighted by Gasteiger charge is 2.68. The van der Waals surface area contributed by atoms with Crippen LogP contribution in [0.25, 0.3) is 0 Å². The molecule has 182 valence electrons. The van der Waals surface area contributed by atoms with Crippen molar-refractivity contribution in [3.05, 3.63) is 11.6 Å². The van der Waals surface area contributed by atoms with Gasteiger partial charge in [0, 0.05) is 0 Å². The van der Waals surface area contributed by atoms with E-state index in [1.807, 2.05) is 0 Å². The van der Waals surface area contributed by atoms with E-state index in [1.165, 1.54) is 44.9 Å². The second-order valence-electron chi connectivity index (χ2n) is 14.6. The number of ether oxygens (including phenoxy) is 1.